The van der Waals surface area contributed by atoms with E-state index in [0.29, 0.717) is 17.5 Å². The average Bonchev–Trinajstić information content (AvgIpc) is 3.32. The van der Waals surface area contributed by atoms with Gasteiger partial charge in [-0.2, -0.15) is 0 Å². The molecule has 1 amide bonds. The standard InChI is InChI=1S/C23H28N2O3S/c1-16-8-11-20(12-17(16)2)25(29(27,28)21-6-4-3-5-7-21)15-23(26)24-22-14-18-9-10-19(22)13-18/h3-8,11-12,18-19,22H,9-10,13-15H2,1-2H3,(H,24,26)/t18-,19-,22+/m1/s1. The number of amides is 1. The van der Waals surface area contributed by atoms with Crippen molar-refractivity contribution in [3.63, 3.8) is 0 Å². The molecule has 1 N–H and O–H groups in total. The summed E-state index contributed by atoms with van der Waals surface area (Å²) in [4.78, 5) is 13.1. The molecule has 2 saturated carbocycles. The van der Waals surface area contributed by atoms with Gasteiger partial charge in [0.25, 0.3) is 10.0 Å². The van der Waals surface area contributed by atoms with Crippen LogP contribution >= 0.6 is 0 Å². The molecule has 0 heterocycles. The van der Waals surface area contributed by atoms with Gasteiger partial charge in [0.2, 0.25) is 5.91 Å². The minimum absolute atomic E-state index is 0.183. The molecule has 0 unspecified atom stereocenters. The summed E-state index contributed by atoms with van der Waals surface area (Å²) in [7, 11) is -3.85. The van der Waals surface area contributed by atoms with E-state index in [4.69, 9.17) is 0 Å². The number of rotatable bonds is 6. The smallest absolute Gasteiger partial charge is 0.264 e. The summed E-state index contributed by atoms with van der Waals surface area (Å²) in [5.74, 6) is 1.03. The van der Waals surface area contributed by atoms with Gasteiger partial charge >= 0.3 is 0 Å². The van der Waals surface area contributed by atoms with Crippen molar-refractivity contribution >= 4 is 21.6 Å². The van der Waals surface area contributed by atoms with Gasteiger partial charge in [0.05, 0.1) is 10.6 Å². The van der Waals surface area contributed by atoms with Gasteiger partial charge in [-0.25, -0.2) is 8.42 Å². The van der Waals surface area contributed by atoms with Crippen LogP contribution in [-0.2, 0) is 14.8 Å². The molecule has 0 saturated heterocycles. The molecule has 0 radical (unpaired) electrons. The van der Waals surface area contributed by atoms with Gasteiger partial charge in [0, 0.05) is 6.04 Å². The number of aryl methyl sites for hydroxylation is 2. The van der Waals surface area contributed by atoms with E-state index in [-0.39, 0.29) is 23.4 Å². The van der Waals surface area contributed by atoms with E-state index in [1.807, 2.05) is 26.0 Å². The first-order valence-corrected chi connectivity index (χ1v) is 11.7. The number of carbonyl (C=O) groups is 1. The third-order valence-corrected chi connectivity index (χ3v) is 8.27. The summed E-state index contributed by atoms with van der Waals surface area (Å²) >= 11 is 0. The molecule has 0 aliphatic heterocycles. The molecular weight excluding hydrogens is 384 g/mol. The molecule has 2 bridgehead atoms. The topological polar surface area (TPSA) is 66.5 Å². The number of nitrogens with one attached hydrogen (secondary N) is 1. The molecule has 2 aliphatic rings. The second kappa shape index (κ2) is 7.82. The fraction of sp³-hybridized carbons (Fsp3) is 0.435. The Labute approximate surface area is 173 Å². The second-order valence-corrected chi connectivity index (χ2v) is 10.3. The predicted octanol–water partition coefficient (Wildman–Crippen LogP) is 3.80. The third-order valence-electron chi connectivity index (χ3n) is 6.48. The van der Waals surface area contributed by atoms with E-state index in [0.717, 1.165) is 17.5 Å². The first-order chi connectivity index (χ1) is 13.8. The zero-order chi connectivity index (χ0) is 20.6. The number of nitrogens with zero attached hydrogens (tertiary/aromatic N) is 1. The highest BCUT2D eigenvalue weighted by Crippen LogP contribution is 2.44. The zero-order valence-electron chi connectivity index (χ0n) is 17.0. The van der Waals surface area contributed by atoms with E-state index in [1.54, 1.807) is 36.4 Å². The molecule has 5 nitrogen and oxygen atoms in total. The Bertz CT molecular complexity index is 1000. The van der Waals surface area contributed by atoms with Crippen molar-refractivity contribution in [2.45, 2.75) is 50.5 Å². The molecular formula is C23H28N2O3S. The molecule has 2 aliphatic carbocycles. The summed E-state index contributed by atoms with van der Waals surface area (Å²) < 4.78 is 28.0. The van der Waals surface area contributed by atoms with Crippen molar-refractivity contribution < 1.29 is 13.2 Å². The maximum Gasteiger partial charge on any atom is 0.264 e. The lowest BCUT2D eigenvalue weighted by molar-refractivity contribution is -0.120. The van der Waals surface area contributed by atoms with Gasteiger partial charge in [-0.3, -0.25) is 9.10 Å². The van der Waals surface area contributed by atoms with E-state index in [1.165, 1.54) is 23.6 Å². The summed E-state index contributed by atoms with van der Waals surface area (Å²) in [5, 5.41) is 3.12. The number of hydrogen-bond donors (Lipinski definition) is 1. The summed E-state index contributed by atoms with van der Waals surface area (Å²) in [6, 6.07) is 14.0. The maximum atomic E-state index is 13.4. The van der Waals surface area contributed by atoms with E-state index >= 15 is 0 Å². The molecule has 2 fully saturated rings. The number of fused-ring (bicyclic) bond motifs is 2. The van der Waals surface area contributed by atoms with Gasteiger partial charge in [0.15, 0.2) is 0 Å². The predicted molar refractivity (Wildman–Crippen MR) is 114 cm³/mol. The quantitative estimate of drug-likeness (QED) is 0.785. The van der Waals surface area contributed by atoms with Crippen LogP contribution in [0.25, 0.3) is 0 Å². The lowest BCUT2D eigenvalue weighted by Crippen LogP contribution is -2.46. The van der Waals surface area contributed by atoms with Crippen molar-refractivity contribution in [1.82, 2.24) is 5.32 Å². The van der Waals surface area contributed by atoms with Crippen LogP contribution in [0.1, 0.15) is 36.8 Å². The minimum Gasteiger partial charge on any atom is -0.352 e. The Morgan fingerprint density at radius 2 is 1.79 bits per heavy atom. The van der Waals surface area contributed by atoms with Crippen LogP contribution in [0.2, 0.25) is 0 Å². The van der Waals surface area contributed by atoms with E-state index in [9.17, 15) is 13.2 Å². The van der Waals surface area contributed by atoms with Gasteiger partial charge in [-0.1, -0.05) is 30.7 Å². The Hall–Kier alpha value is -2.34. The van der Waals surface area contributed by atoms with Gasteiger partial charge in [-0.15, -0.1) is 0 Å². The molecule has 29 heavy (non-hydrogen) atoms. The van der Waals surface area contributed by atoms with Crippen LogP contribution in [0.15, 0.2) is 53.4 Å². The molecule has 2 aromatic carbocycles. The second-order valence-electron chi connectivity index (χ2n) is 8.44. The number of benzene rings is 2. The molecule has 6 heteroatoms. The van der Waals surface area contributed by atoms with Gasteiger partial charge < -0.3 is 5.32 Å². The highest BCUT2D eigenvalue weighted by atomic mass is 32.2. The summed E-state index contributed by atoms with van der Waals surface area (Å²) in [6.07, 6.45) is 4.63. The van der Waals surface area contributed by atoms with Crippen molar-refractivity contribution in [3.8, 4) is 0 Å². The summed E-state index contributed by atoms with van der Waals surface area (Å²) in [6.45, 7) is 3.71. The van der Waals surface area contributed by atoms with Crippen molar-refractivity contribution in [2.24, 2.45) is 11.8 Å². The van der Waals surface area contributed by atoms with Crippen molar-refractivity contribution in [3.05, 3.63) is 59.7 Å². The molecule has 0 spiro atoms. The highest BCUT2D eigenvalue weighted by Gasteiger charge is 2.40. The molecule has 4 rings (SSSR count). The van der Waals surface area contributed by atoms with Crippen LogP contribution in [0.3, 0.4) is 0 Å². The normalized spacial score (nSPS) is 23.2. The van der Waals surface area contributed by atoms with Crippen LogP contribution < -0.4 is 9.62 Å². The monoisotopic (exact) mass is 412 g/mol. The maximum absolute atomic E-state index is 13.4. The number of anilines is 1. The van der Waals surface area contributed by atoms with Crippen LogP contribution in [0.4, 0.5) is 5.69 Å². The largest absolute Gasteiger partial charge is 0.352 e. The van der Waals surface area contributed by atoms with Crippen LogP contribution in [0, 0.1) is 25.7 Å². The number of sulfonamides is 1. The van der Waals surface area contributed by atoms with Crippen LogP contribution in [0.5, 0.6) is 0 Å². The first kappa shape index (κ1) is 20.0. The average molecular weight is 413 g/mol. The van der Waals surface area contributed by atoms with E-state index in [2.05, 4.69) is 5.32 Å². The Morgan fingerprint density at radius 3 is 2.41 bits per heavy atom. The number of hydrogen-bond acceptors (Lipinski definition) is 3. The Kier molecular flexibility index (Phi) is 5.38. The molecule has 0 aromatic heterocycles. The molecule has 154 valence electrons. The van der Waals surface area contributed by atoms with Crippen molar-refractivity contribution in [1.29, 1.82) is 0 Å². The lowest BCUT2D eigenvalue weighted by atomic mass is 9.95. The summed E-state index contributed by atoms with van der Waals surface area (Å²) in [5.41, 5.74) is 2.58. The fourth-order valence-corrected chi connectivity index (χ4v) is 6.15. The van der Waals surface area contributed by atoms with Gasteiger partial charge in [0.1, 0.15) is 6.54 Å². The highest BCUT2D eigenvalue weighted by molar-refractivity contribution is 7.92. The van der Waals surface area contributed by atoms with Crippen molar-refractivity contribution in [2.75, 3.05) is 10.8 Å². The Balaban J connectivity index is 1.61. The Morgan fingerprint density at radius 1 is 1.03 bits per heavy atom. The number of carbonyl (C=O) groups excluding carboxylic acids is 1. The van der Waals surface area contributed by atoms with E-state index < -0.39 is 10.0 Å². The minimum atomic E-state index is -3.85. The first-order valence-electron chi connectivity index (χ1n) is 10.3. The SMILES string of the molecule is Cc1ccc(N(CC(=O)N[C@H]2C[C@@H]3CC[C@@H]2C3)S(=O)(=O)c2ccccc2)cc1C. The van der Waals surface area contributed by atoms with Crippen LogP contribution in [-0.4, -0.2) is 26.9 Å². The lowest BCUT2D eigenvalue weighted by Gasteiger charge is -2.27. The molecule has 2 aromatic rings. The van der Waals surface area contributed by atoms with Gasteiger partial charge in [-0.05, 0) is 80.3 Å². The zero-order valence-corrected chi connectivity index (χ0v) is 17.8. The fourth-order valence-electron chi connectivity index (χ4n) is 4.72. The third kappa shape index (κ3) is 4.04. The molecule has 3 atom stereocenters.